The summed E-state index contributed by atoms with van der Waals surface area (Å²) in [5.41, 5.74) is 1.90. The van der Waals surface area contributed by atoms with Crippen molar-refractivity contribution < 1.29 is 13.7 Å². The van der Waals surface area contributed by atoms with Crippen LogP contribution in [0.3, 0.4) is 0 Å². The number of aromatic nitrogens is 2. The Kier molecular flexibility index (Phi) is 3.93. The molecule has 0 spiro atoms. The third-order valence-electron chi connectivity index (χ3n) is 4.33. The van der Waals surface area contributed by atoms with E-state index >= 15 is 0 Å². The molecule has 1 aliphatic heterocycles. The first-order chi connectivity index (χ1) is 12.6. The molecule has 0 bridgehead atoms. The van der Waals surface area contributed by atoms with Gasteiger partial charge in [0.1, 0.15) is 5.82 Å². The molecule has 6 nitrogen and oxygen atoms in total. The highest BCUT2D eigenvalue weighted by atomic mass is 19.1. The van der Waals surface area contributed by atoms with Gasteiger partial charge in [-0.3, -0.25) is 4.79 Å². The smallest absolute Gasteiger partial charge is 0.257 e. The van der Waals surface area contributed by atoms with Crippen LogP contribution in [0.25, 0.3) is 11.5 Å². The third-order valence-corrected chi connectivity index (χ3v) is 4.33. The molecule has 4 rings (SSSR count). The zero-order chi connectivity index (χ0) is 18.1. The number of carbonyl (C=O) groups excluding carboxylic acids is 1. The number of carbonyl (C=O) groups is 1. The zero-order valence-electron chi connectivity index (χ0n) is 13.6. The van der Waals surface area contributed by atoms with Crippen LogP contribution in [0.4, 0.5) is 10.1 Å². The molecule has 2 heterocycles. The number of nitriles is 1. The van der Waals surface area contributed by atoms with Gasteiger partial charge in [0.05, 0.1) is 11.6 Å². The van der Waals surface area contributed by atoms with E-state index < -0.39 is 0 Å². The van der Waals surface area contributed by atoms with E-state index in [4.69, 9.17) is 9.78 Å². The molecule has 0 radical (unpaired) electrons. The Hall–Kier alpha value is -3.53. The van der Waals surface area contributed by atoms with Crippen molar-refractivity contribution in [1.82, 2.24) is 10.1 Å². The number of hydrogen-bond acceptors (Lipinski definition) is 5. The van der Waals surface area contributed by atoms with E-state index in [0.717, 1.165) is 0 Å². The van der Waals surface area contributed by atoms with Gasteiger partial charge in [0.25, 0.3) is 5.89 Å². The second-order valence-electron chi connectivity index (χ2n) is 6.03. The molecule has 1 fully saturated rings. The predicted molar refractivity (Wildman–Crippen MR) is 90.6 cm³/mol. The van der Waals surface area contributed by atoms with E-state index in [1.54, 1.807) is 41.3 Å². The molecule has 0 N–H and O–H groups in total. The van der Waals surface area contributed by atoms with Crippen molar-refractivity contribution in [2.24, 2.45) is 0 Å². The van der Waals surface area contributed by atoms with Gasteiger partial charge in [-0.05, 0) is 48.5 Å². The van der Waals surface area contributed by atoms with E-state index in [2.05, 4.69) is 16.2 Å². The largest absolute Gasteiger partial charge is 0.334 e. The highest BCUT2D eigenvalue weighted by Gasteiger charge is 2.34. The van der Waals surface area contributed by atoms with Crippen LogP contribution in [0.1, 0.15) is 23.7 Å². The van der Waals surface area contributed by atoms with E-state index in [1.807, 2.05) is 0 Å². The molecule has 1 saturated heterocycles. The summed E-state index contributed by atoms with van der Waals surface area (Å²) in [5.74, 6) is 0.205. The van der Waals surface area contributed by atoms with Gasteiger partial charge in [-0.2, -0.15) is 10.2 Å². The third kappa shape index (κ3) is 2.93. The van der Waals surface area contributed by atoms with Gasteiger partial charge in [-0.25, -0.2) is 4.39 Å². The van der Waals surface area contributed by atoms with E-state index in [1.165, 1.54) is 12.1 Å². The van der Waals surface area contributed by atoms with Crippen molar-refractivity contribution in [2.45, 2.75) is 12.3 Å². The monoisotopic (exact) mass is 348 g/mol. The number of benzene rings is 2. The van der Waals surface area contributed by atoms with Crippen LogP contribution < -0.4 is 4.90 Å². The topological polar surface area (TPSA) is 83.0 Å². The average molecular weight is 348 g/mol. The van der Waals surface area contributed by atoms with Gasteiger partial charge in [0, 0.05) is 30.1 Å². The number of halogens is 1. The Labute approximate surface area is 148 Å². The lowest BCUT2D eigenvalue weighted by molar-refractivity contribution is -0.117. The van der Waals surface area contributed by atoms with Crippen molar-refractivity contribution in [3.63, 3.8) is 0 Å². The maximum absolute atomic E-state index is 13.1. The first-order valence-corrected chi connectivity index (χ1v) is 8.04. The lowest BCUT2D eigenvalue weighted by Gasteiger charge is -2.15. The lowest BCUT2D eigenvalue weighted by Crippen LogP contribution is -2.24. The first kappa shape index (κ1) is 16.0. The summed E-state index contributed by atoms with van der Waals surface area (Å²) in [4.78, 5) is 18.3. The lowest BCUT2D eigenvalue weighted by atomic mass is 10.1. The molecule has 3 aromatic rings. The minimum Gasteiger partial charge on any atom is -0.334 e. The highest BCUT2D eigenvalue weighted by molar-refractivity contribution is 5.96. The molecule has 1 amide bonds. The fourth-order valence-electron chi connectivity index (χ4n) is 2.96. The Morgan fingerprint density at radius 3 is 2.58 bits per heavy atom. The van der Waals surface area contributed by atoms with Gasteiger partial charge in [-0.1, -0.05) is 5.16 Å². The molecule has 26 heavy (non-hydrogen) atoms. The molecule has 0 saturated carbocycles. The normalized spacial score (nSPS) is 16.7. The number of anilines is 1. The number of hydrogen-bond donors (Lipinski definition) is 0. The Morgan fingerprint density at radius 2 is 1.88 bits per heavy atom. The van der Waals surface area contributed by atoms with Gasteiger partial charge < -0.3 is 9.42 Å². The SMILES string of the molecule is N#Cc1ccc(-c2nc(C3CC(=O)N(c4ccc(F)cc4)C3)no2)cc1. The van der Waals surface area contributed by atoms with Crippen molar-refractivity contribution in [1.29, 1.82) is 5.26 Å². The van der Waals surface area contributed by atoms with Crippen molar-refractivity contribution in [2.75, 3.05) is 11.4 Å². The summed E-state index contributed by atoms with van der Waals surface area (Å²) in [6, 6.07) is 14.7. The predicted octanol–water partition coefficient (Wildman–Crippen LogP) is 3.27. The zero-order valence-corrected chi connectivity index (χ0v) is 13.6. The van der Waals surface area contributed by atoms with Crippen LogP contribution in [0.2, 0.25) is 0 Å². The fourth-order valence-corrected chi connectivity index (χ4v) is 2.96. The van der Waals surface area contributed by atoms with Gasteiger partial charge >= 0.3 is 0 Å². The summed E-state index contributed by atoms with van der Waals surface area (Å²) in [6.45, 7) is 0.414. The molecule has 1 unspecified atom stereocenters. The van der Waals surface area contributed by atoms with Crippen LogP contribution in [-0.2, 0) is 4.79 Å². The van der Waals surface area contributed by atoms with Crippen LogP contribution in [0.5, 0.6) is 0 Å². The molecule has 7 heteroatoms. The Balaban J connectivity index is 1.53. The minimum atomic E-state index is -0.345. The molecule has 0 aliphatic carbocycles. The van der Waals surface area contributed by atoms with Crippen LogP contribution in [0.15, 0.2) is 53.1 Å². The first-order valence-electron chi connectivity index (χ1n) is 8.04. The fraction of sp³-hybridized carbons (Fsp3) is 0.158. The molecule has 1 aromatic heterocycles. The van der Waals surface area contributed by atoms with Gasteiger partial charge in [-0.15, -0.1) is 0 Å². The number of nitrogens with zero attached hydrogens (tertiary/aromatic N) is 4. The van der Waals surface area contributed by atoms with E-state index in [0.29, 0.717) is 35.1 Å². The summed E-state index contributed by atoms with van der Waals surface area (Å²) >= 11 is 0. The van der Waals surface area contributed by atoms with Crippen molar-refractivity contribution >= 4 is 11.6 Å². The Bertz CT molecular complexity index is 990. The summed E-state index contributed by atoms with van der Waals surface area (Å²) in [7, 11) is 0. The minimum absolute atomic E-state index is 0.0636. The Morgan fingerprint density at radius 1 is 1.15 bits per heavy atom. The molecular weight excluding hydrogens is 335 g/mol. The average Bonchev–Trinajstić information content (AvgIpc) is 3.29. The number of amides is 1. The van der Waals surface area contributed by atoms with Crippen molar-refractivity contribution in [3.8, 4) is 17.5 Å². The second-order valence-corrected chi connectivity index (χ2v) is 6.03. The van der Waals surface area contributed by atoms with Gasteiger partial charge in [0.15, 0.2) is 5.82 Å². The summed E-state index contributed by atoms with van der Waals surface area (Å²) in [6.07, 6.45) is 0.268. The molecular formula is C19H13FN4O2. The summed E-state index contributed by atoms with van der Waals surface area (Å²) < 4.78 is 18.4. The molecule has 1 aliphatic rings. The van der Waals surface area contributed by atoms with Crippen LogP contribution in [0, 0.1) is 17.1 Å². The quantitative estimate of drug-likeness (QED) is 0.725. The molecule has 128 valence electrons. The molecule has 2 aromatic carbocycles. The van der Waals surface area contributed by atoms with Crippen LogP contribution >= 0.6 is 0 Å². The van der Waals surface area contributed by atoms with E-state index in [-0.39, 0.29) is 24.1 Å². The highest BCUT2D eigenvalue weighted by Crippen LogP contribution is 2.31. The maximum Gasteiger partial charge on any atom is 0.257 e. The van der Waals surface area contributed by atoms with E-state index in [9.17, 15) is 9.18 Å². The number of rotatable bonds is 3. The standard InChI is InChI=1S/C19H13FN4O2/c20-15-5-7-16(8-6-15)24-11-14(9-17(24)25)18-22-19(26-23-18)13-3-1-12(10-21)2-4-13/h1-8,14H,9,11H2. The second kappa shape index (κ2) is 6.41. The maximum atomic E-state index is 13.1. The molecule has 1 atom stereocenters. The summed E-state index contributed by atoms with van der Waals surface area (Å²) in [5, 5.41) is 12.9. The van der Waals surface area contributed by atoms with Crippen molar-refractivity contribution in [3.05, 3.63) is 65.7 Å². The van der Waals surface area contributed by atoms with Gasteiger partial charge in [0.2, 0.25) is 5.91 Å². The van der Waals surface area contributed by atoms with Crippen LogP contribution in [-0.4, -0.2) is 22.6 Å².